The topological polar surface area (TPSA) is 101 Å². The number of aliphatic imine (C=N–C) groups is 1. The third-order valence-electron chi connectivity index (χ3n) is 9.01. The quantitative estimate of drug-likeness (QED) is 0.325. The van der Waals surface area contributed by atoms with E-state index in [1.807, 2.05) is 37.1 Å². The number of methoxy groups -OCH3 is 1. The van der Waals surface area contributed by atoms with Crippen LogP contribution < -0.4 is 15.4 Å². The zero-order valence-electron chi connectivity index (χ0n) is 26.0. The second-order valence-electron chi connectivity index (χ2n) is 12.3. The van der Waals surface area contributed by atoms with E-state index < -0.39 is 0 Å². The van der Waals surface area contributed by atoms with E-state index >= 15 is 0 Å². The number of hydrogen-bond acceptors (Lipinski definition) is 6. The molecule has 2 aromatic rings. The summed E-state index contributed by atoms with van der Waals surface area (Å²) in [7, 11) is 2.72. The van der Waals surface area contributed by atoms with Gasteiger partial charge in [-0.05, 0) is 111 Å². The minimum Gasteiger partial charge on any atom is -0.496 e. The van der Waals surface area contributed by atoms with Gasteiger partial charge in [0.25, 0.3) is 0 Å². The Morgan fingerprint density at radius 2 is 1.93 bits per heavy atom. The lowest BCUT2D eigenvalue weighted by Crippen LogP contribution is -2.49. The number of benzene rings is 1. The average Bonchev–Trinajstić information content (AvgIpc) is 3.01. The second kappa shape index (κ2) is 14.1. The summed E-state index contributed by atoms with van der Waals surface area (Å²) in [6.45, 7) is 6.91. The predicted octanol–water partition coefficient (Wildman–Crippen LogP) is 6.73. The summed E-state index contributed by atoms with van der Waals surface area (Å²) < 4.78 is 5.48. The van der Waals surface area contributed by atoms with Crippen LogP contribution in [0.1, 0.15) is 88.3 Å². The first kappa shape index (κ1) is 31.5. The number of amides is 1. The van der Waals surface area contributed by atoms with Crippen LogP contribution in [-0.2, 0) is 4.79 Å². The Balaban J connectivity index is 0.00000198. The van der Waals surface area contributed by atoms with Gasteiger partial charge in [0, 0.05) is 49.8 Å². The van der Waals surface area contributed by atoms with Crippen molar-refractivity contribution >= 4 is 29.1 Å². The van der Waals surface area contributed by atoms with Crippen molar-refractivity contribution in [3.05, 3.63) is 65.0 Å². The van der Waals surface area contributed by atoms with E-state index in [1.54, 1.807) is 25.1 Å². The van der Waals surface area contributed by atoms with Crippen LogP contribution in [-0.4, -0.2) is 49.0 Å². The third-order valence-corrected chi connectivity index (χ3v) is 9.01. The van der Waals surface area contributed by atoms with Crippen molar-refractivity contribution < 1.29 is 14.6 Å². The van der Waals surface area contributed by atoms with Crippen LogP contribution in [0.25, 0.3) is 11.1 Å². The van der Waals surface area contributed by atoms with Crippen LogP contribution in [0.2, 0.25) is 0 Å². The molecule has 0 saturated heterocycles. The molecule has 3 N–H and O–H groups in total. The molecule has 7 heteroatoms. The molecule has 0 atom stereocenters. The molecule has 0 aliphatic heterocycles. The Morgan fingerprint density at radius 3 is 2.52 bits per heavy atom. The summed E-state index contributed by atoms with van der Waals surface area (Å²) in [5.74, 6) is 1.98. The van der Waals surface area contributed by atoms with Crippen LogP contribution >= 0.6 is 0 Å². The zero-order valence-corrected chi connectivity index (χ0v) is 26.0. The summed E-state index contributed by atoms with van der Waals surface area (Å²) in [5.41, 5.74) is 13.4. The fourth-order valence-corrected chi connectivity index (χ4v) is 6.78. The van der Waals surface area contributed by atoms with Crippen molar-refractivity contribution in [2.75, 3.05) is 25.7 Å². The number of rotatable bonds is 9. The highest BCUT2D eigenvalue weighted by molar-refractivity contribution is 6.10. The number of nitrogens with two attached hydrogens (primary N) is 1. The highest BCUT2D eigenvalue weighted by atomic mass is 16.5. The summed E-state index contributed by atoms with van der Waals surface area (Å²) >= 11 is 0. The number of aliphatic hydroxyl groups is 1. The van der Waals surface area contributed by atoms with Gasteiger partial charge in [0.15, 0.2) is 0 Å². The molecule has 0 unspecified atom stereocenters. The molecular formula is C35H48N4O3. The molecule has 1 heterocycles. The van der Waals surface area contributed by atoms with Gasteiger partial charge in [-0.25, -0.2) is 4.98 Å². The highest BCUT2D eigenvalue weighted by Gasteiger charge is 2.47. The molecule has 2 bridgehead atoms. The molecule has 226 valence electrons. The number of hydrogen-bond donors (Lipinski definition) is 2. The van der Waals surface area contributed by atoms with Crippen molar-refractivity contribution in [3.8, 4) is 5.75 Å². The molecule has 7 nitrogen and oxygen atoms in total. The normalized spacial score (nSPS) is 18.4. The minimum atomic E-state index is 0.0825. The van der Waals surface area contributed by atoms with Crippen LogP contribution in [0.3, 0.4) is 0 Å². The van der Waals surface area contributed by atoms with Gasteiger partial charge in [-0.1, -0.05) is 30.9 Å². The second-order valence-corrected chi connectivity index (χ2v) is 12.3. The SMILES string of the molecule is CO.COc1ccc(C2=C3CC(CN(C(=O)C4CCCCC4)c4cc(/C(C=NC(C)C)=C/N)ccn4)(CC2)C3)cc1C. The van der Waals surface area contributed by atoms with Crippen LogP contribution in [0.4, 0.5) is 5.82 Å². The number of pyridine rings is 1. The Hall–Kier alpha value is -3.45. The maximum atomic E-state index is 14.1. The van der Waals surface area contributed by atoms with Gasteiger partial charge in [0.1, 0.15) is 11.6 Å². The van der Waals surface area contributed by atoms with Gasteiger partial charge in [0.05, 0.1) is 7.11 Å². The number of nitrogens with zero attached hydrogens (tertiary/aromatic N) is 3. The molecule has 6 rings (SSSR count). The number of aliphatic hydroxyl groups excluding tert-OH is 1. The summed E-state index contributed by atoms with van der Waals surface area (Å²) in [5, 5.41) is 7.00. The van der Waals surface area contributed by atoms with E-state index in [2.05, 4.69) is 30.1 Å². The Morgan fingerprint density at radius 1 is 1.19 bits per heavy atom. The molecule has 4 aliphatic carbocycles. The lowest BCUT2D eigenvalue weighted by Gasteiger charge is -2.52. The first-order valence-corrected chi connectivity index (χ1v) is 15.4. The molecule has 2 saturated carbocycles. The molecule has 1 aromatic carbocycles. The minimum absolute atomic E-state index is 0.0825. The van der Waals surface area contributed by atoms with Gasteiger partial charge in [-0.15, -0.1) is 0 Å². The van der Waals surface area contributed by atoms with Crippen molar-refractivity contribution in [1.82, 2.24) is 4.98 Å². The van der Waals surface area contributed by atoms with E-state index in [0.717, 1.165) is 87.7 Å². The number of aromatic nitrogens is 1. The van der Waals surface area contributed by atoms with Crippen molar-refractivity contribution in [2.45, 2.75) is 84.6 Å². The standard InChI is InChI=1S/C34H44N4O2.CH4O/c1-23(2)37-21-29(20-35)26-13-15-36-32(17-26)38(33(39)25-8-6-5-7-9-25)22-34-14-12-30(28(18-34)19-34)27-10-11-31(40-4)24(3)16-27;1-2/h10-11,13,15-17,20-21,23,25H,5-9,12,14,18-19,22,35H2,1-4H3;2H,1H3/b29-20+,37-21?;. The third kappa shape index (κ3) is 6.95. The largest absolute Gasteiger partial charge is 0.496 e. The van der Waals surface area contributed by atoms with Gasteiger partial charge in [-0.2, -0.15) is 0 Å². The molecule has 42 heavy (non-hydrogen) atoms. The maximum Gasteiger partial charge on any atom is 0.231 e. The average molecular weight is 573 g/mol. The summed E-state index contributed by atoms with van der Waals surface area (Å²) in [6.07, 6.45) is 14.9. The Bertz CT molecular complexity index is 1330. The number of carbonyl (C=O) groups is 1. The summed E-state index contributed by atoms with van der Waals surface area (Å²) in [6, 6.07) is 10.7. The highest BCUT2D eigenvalue weighted by Crippen LogP contribution is 2.58. The van der Waals surface area contributed by atoms with Crippen molar-refractivity contribution in [3.63, 3.8) is 0 Å². The number of anilines is 1. The van der Waals surface area contributed by atoms with Crippen LogP contribution in [0.15, 0.2) is 53.3 Å². The van der Waals surface area contributed by atoms with Gasteiger partial charge < -0.3 is 15.6 Å². The molecule has 0 spiro atoms. The van der Waals surface area contributed by atoms with Crippen molar-refractivity contribution in [1.29, 1.82) is 0 Å². The van der Waals surface area contributed by atoms with Gasteiger partial charge in [-0.3, -0.25) is 14.7 Å². The van der Waals surface area contributed by atoms with E-state index in [1.165, 1.54) is 23.1 Å². The zero-order chi connectivity index (χ0) is 30.3. The first-order chi connectivity index (χ1) is 20.3. The maximum absolute atomic E-state index is 14.1. The Kier molecular flexibility index (Phi) is 10.6. The van der Waals surface area contributed by atoms with Crippen LogP contribution in [0, 0.1) is 18.3 Å². The van der Waals surface area contributed by atoms with E-state index in [-0.39, 0.29) is 23.3 Å². The monoisotopic (exact) mass is 572 g/mol. The lowest BCUT2D eigenvalue weighted by molar-refractivity contribution is -0.123. The fourth-order valence-electron chi connectivity index (χ4n) is 6.78. The Labute approximate surface area is 251 Å². The van der Waals surface area contributed by atoms with E-state index in [0.29, 0.717) is 0 Å². The fraction of sp³-hybridized carbons (Fsp3) is 0.514. The van der Waals surface area contributed by atoms with E-state index in [4.69, 9.17) is 20.6 Å². The number of allylic oxidation sites excluding steroid dienone is 3. The molecule has 1 aromatic heterocycles. The smallest absolute Gasteiger partial charge is 0.231 e. The lowest BCUT2D eigenvalue weighted by atomic mass is 9.56. The van der Waals surface area contributed by atoms with Gasteiger partial charge >= 0.3 is 0 Å². The summed E-state index contributed by atoms with van der Waals surface area (Å²) in [4.78, 5) is 25.4. The predicted molar refractivity (Wildman–Crippen MR) is 173 cm³/mol. The van der Waals surface area contributed by atoms with Crippen LogP contribution in [0.5, 0.6) is 5.75 Å². The number of aryl methyl sites for hydroxylation is 1. The number of carbonyl (C=O) groups excluding carboxylic acids is 1. The number of ether oxygens (including phenoxy) is 1. The first-order valence-electron chi connectivity index (χ1n) is 15.4. The van der Waals surface area contributed by atoms with Crippen molar-refractivity contribution in [2.24, 2.45) is 22.1 Å². The molecule has 1 amide bonds. The molecule has 0 radical (unpaired) electrons. The molecular weight excluding hydrogens is 524 g/mol. The van der Waals surface area contributed by atoms with Gasteiger partial charge in [0.2, 0.25) is 5.91 Å². The molecule has 2 fully saturated rings. The molecule has 4 aliphatic rings. The number of fused-ring (bicyclic) bond motifs is 2. The van der Waals surface area contributed by atoms with E-state index in [9.17, 15) is 4.79 Å².